The molecule has 0 fully saturated rings. The first-order valence-corrected chi connectivity index (χ1v) is 3.64. The SMILES string of the molecule is CC(C)c1ncc(C#N)c(=O)[nH]1. The topological polar surface area (TPSA) is 69.5 Å². The Balaban J connectivity index is 3.22. The molecule has 0 radical (unpaired) electrons. The highest BCUT2D eigenvalue weighted by molar-refractivity contribution is 5.22. The van der Waals surface area contributed by atoms with Gasteiger partial charge in [-0.05, 0) is 0 Å². The number of hydrogen-bond acceptors (Lipinski definition) is 3. The van der Waals surface area contributed by atoms with Gasteiger partial charge in [-0.2, -0.15) is 5.26 Å². The van der Waals surface area contributed by atoms with E-state index in [1.807, 2.05) is 13.8 Å². The fourth-order valence-corrected chi connectivity index (χ4v) is 0.782. The lowest BCUT2D eigenvalue weighted by molar-refractivity contribution is 0.764. The molecule has 1 rings (SSSR count). The van der Waals surface area contributed by atoms with Gasteiger partial charge in [0.15, 0.2) is 0 Å². The van der Waals surface area contributed by atoms with Gasteiger partial charge in [0.2, 0.25) is 0 Å². The zero-order valence-electron chi connectivity index (χ0n) is 6.96. The van der Waals surface area contributed by atoms with Crippen molar-refractivity contribution in [3.63, 3.8) is 0 Å². The van der Waals surface area contributed by atoms with Crippen molar-refractivity contribution in [3.05, 3.63) is 27.9 Å². The molecule has 1 aromatic rings. The van der Waals surface area contributed by atoms with Gasteiger partial charge in [-0.3, -0.25) is 4.79 Å². The summed E-state index contributed by atoms with van der Waals surface area (Å²) in [4.78, 5) is 17.5. The number of nitriles is 1. The van der Waals surface area contributed by atoms with Crippen LogP contribution in [0.4, 0.5) is 0 Å². The Kier molecular flexibility index (Phi) is 2.24. The molecule has 0 aromatic carbocycles. The van der Waals surface area contributed by atoms with E-state index in [2.05, 4.69) is 9.97 Å². The minimum Gasteiger partial charge on any atom is -0.309 e. The normalized spacial score (nSPS) is 9.83. The number of nitrogens with zero attached hydrogens (tertiary/aromatic N) is 2. The Hall–Kier alpha value is -1.63. The van der Waals surface area contributed by atoms with E-state index in [-0.39, 0.29) is 17.0 Å². The van der Waals surface area contributed by atoms with Gasteiger partial charge < -0.3 is 4.98 Å². The quantitative estimate of drug-likeness (QED) is 0.664. The first-order chi connectivity index (χ1) is 5.65. The van der Waals surface area contributed by atoms with Gasteiger partial charge >= 0.3 is 0 Å². The average molecular weight is 163 g/mol. The van der Waals surface area contributed by atoms with Crippen LogP contribution in [0.3, 0.4) is 0 Å². The molecule has 0 unspecified atom stereocenters. The van der Waals surface area contributed by atoms with Crippen LogP contribution in [0.1, 0.15) is 31.2 Å². The first-order valence-electron chi connectivity index (χ1n) is 3.64. The third-order valence-corrected chi connectivity index (χ3v) is 1.49. The second-order valence-electron chi connectivity index (χ2n) is 2.78. The fourth-order valence-electron chi connectivity index (χ4n) is 0.782. The van der Waals surface area contributed by atoms with E-state index >= 15 is 0 Å². The highest BCUT2D eigenvalue weighted by Crippen LogP contribution is 2.04. The summed E-state index contributed by atoms with van der Waals surface area (Å²) in [7, 11) is 0. The first kappa shape index (κ1) is 8.47. The molecule has 62 valence electrons. The van der Waals surface area contributed by atoms with Crippen LogP contribution in [0, 0.1) is 11.3 Å². The van der Waals surface area contributed by atoms with E-state index in [1.54, 1.807) is 6.07 Å². The molecular formula is C8H9N3O. The van der Waals surface area contributed by atoms with E-state index < -0.39 is 0 Å². The smallest absolute Gasteiger partial charge is 0.268 e. The number of rotatable bonds is 1. The molecule has 0 bridgehead atoms. The summed E-state index contributed by atoms with van der Waals surface area (Å²) in [5, 5.41) is 8.44. The Morgan fingerprint density at radius 2 is 2.33 bits per heavy atom. The van der Waals surface area contributed by atoms with Crippen LogP contribution < -0.4 is 5.56 Å². The molecule has 0 atom stereocenters. The van der Waals surface area contributed by atoms with Crippen molar-refractivity contribution in [2.75, 3.05) is 0 Å². The molecule has 1 N–H and O–H groups in total. The molecule has 0 saturated carbocycles. The van der Waals surface area contributed by atoms with E-state index in [0.717, 1.165) is 0 Å². The van der Waals surface area contributed by atoms with Crippen LogP contribution in [-0.4, -0.2) is 9.97 Å². The maximum Gasteiger partial charge on any atom is 0.268 e. The molecule has 0 aliphatic heterocycles. The maximum atomic E-state index is 11.1. The maximum absolute atomic E-state index is 11.1. The van der Waals surface area contributed by atoms with Gasteiger partial charge in [0, 0.05) is 5.92 Å². The van der Waals surface area contributed by atoms with Crippen LogP contribution >= 0.6 is 0 Å². The number of aromatic amines is 1. The van der Waals surface area contributed by atoms with Gasteiger partial charge in [0.1, 0.15) is 17.5 Å². The van der Waals surface area contributed by atoms with Crippen molar-refractivity contribution in [3.8, 4) is 6.07 Å². The molecule has 0 aliphatic carbocycles. The van der Waals surface area contributed by atoms with E-state index in [4.69, 9.17) is 5.26 Å². The minimum atomic E-state index is -0.365. The number of H-pyrrole nitrogens is 1. The van der Waals surface area contributed by atoms with Crippen LogP contribution in [0.5, 0.6) is 0 Å². The summed E-state index contributed by atoms with van der Waals surface area (Å²) in [5.74, 6) is 0.782. The Morgan fingerprint density at radius 1 is 1.67 bits per heavy atom. The fraction of sp³-hybridized carbons (Fsp3) is 0.375. The highest BCUT2D eigenvalue weighted by atomic mass is 16.1. The van der Waals surface area contributed by atoms with Crippen molar-refractivity contribution in [2.45, 2.75) is 19.8 Å². The van der Waals surface area contributed by atoms with Gasteiger partial charge in [0.25, 0.3) is 5.56 Å². The van der Waals surface area contributed by atoms with Crippen LogP contribution in [-0.2, 0) is 0 Å². The van der Waals surface area contributed by atoms with E-state index in [9.17, 15) is 4.79 Å². The molecule has 0 aliphatic rings. The minimum absolute atomic E-state index is 0.0550. The summed E-state index contributed by atoms with van der Waals surface area (Å²) in [6.07, 6.45) is 1.30. The summed E-state index contributed by atoms with van der Waals surface area (Å²) < 4.78 is 0. The predicted molar refractivity (Wildman–Crippen MR) is 43.7 cm³/mol. The molecule has 0 spiro atoms. The largest absolute Gasteiger partial charge is 0.309 e. The molecule has 1 heterocycles. The van der Waals surface area contributed by atoms with Gasteiger partial charge in [-0.1, -0.05) is 13.8 Å². The van der Waals surface area contributed by atoms with Gasteiger partial charge in [-0.25, -0.2) is 4.98 Å². The van der Waals surface area contributed by atoms with Gasteiger partial charge in [0.05, 0.1) is 6.20 Å². The molecule has 0 amide bonds. The number of hydrogen-bond donors (Lipinski definition) is 1. The Labute approximate surface area is 69.9 Å². The predicted octanol–water partition coefficient (Wildman–Crippen LogP) is 0.765. The van der Waals surface area contributed by atoms with E-state index in [1.165, 1.54) is 6.20 Å². The second kappa shape index (κ2) is 3.18. The lowest BCUT2D eigenvalue weighted by Gasteiger charge is -2.01. The van der Waals surface area contributed by atoms with E-state index in [0.29, 0.717) is 5.82 Å². The number of aromatic nitrogens is 2. The van der Waals surface area contributed by atoms with Crippen LogP contribution in [0.25, 0.3) is 0 Å². The van der Waals surface area contributed by atoms with Crippen molar-refractivity contribution in [1.29, 1.82) is 5.26 Å². The van der Waals surface area contributed by atoms with Crippen molar-refractivity contribution in [2.24, 2.45) is 0 Å². The molecule has 1 aromatic heterocycles. The molecule has 4 heteroatoms. The lowest BCUT2D eigenvalue weighted by atomic mass is 10.2. The Bertz CT molecular complexity index is 373. The molecule has 0 saturated heterocycles. The Morgan fingerprint density at radius 3 is 2.75 bits per heavy atom. The van der Waals surface area contributed by atoms with Crippen molar-refractivity contribution >= 4 is 0 Å². The number of nitrogens with one attached hydrogen (secondary N) is 1. The third-order valence-electron chi connectivity index (χ3n) is 1.49. The molecular weight excluding hydrogens is 154 g/mol. The van der Waals surface area contributed by atoms with Crippen molar-refractivity contribution < 1.29 is 0 Å². The summed E-state index contributed by atoms with van der Waals surface area (Å²) in [6, 6.07) is 1.76. The molecule has 12 heavy (non-hydrogen) atoms. The lowest BCUT2D eigenvalue weighted by Crippen LogP contribution is -2.14. The standard InChI is InChI=1S/C8H9N3O/c1-5(2)7-10-4-6(3-9)8(12)11-7/h4-5H,1-2H3,(H,10,11,12). The summed E-state index contributed by atoms with van der Waals surface area (Å²) >= 11 is 0. The third kappa shape index (κ3) is 1.51. The monoisotopic (exact) mass is 163 g/mol. The zero-order chi connectivity index (χ0) is 9.14. The van der Waals surface area contributed by atoms with Crippen LogP contribution in [0.2, 0.25) is 0 Å². The van der Waals surface area contributed by atoms with Crippen molar-refractivity contribution in [1.82, 2.24) is 9.97 Å². The van der Waals surface area contributed by atoms with Crippen LogP contribution in [0.15, 0.2) is 11.0 Å². The van der Waals surface area contributed by atoms with Gasteiger partial charge in [-0.15, -0.1) is 0 Å². The second-order valence-corrected chi connectivity index (χ2v) is 2.78. The summed E-state index contributed by atoms with van der Waals surface area (Å²) in [5.41, 5.74) is -0.310. The molecule has 4 nitrogen and oxygen atoms in total. The average Bonchev–Trinajstić information content (AvgIpc) is 2.04. The highest BCUT2D eigenvalue weighted by Gasteiger charge is 2.03. The summed E-state index contributed by atoms with van der Waals surface area (Å²) in [6.45, 7) is 3.84. The zero-order valence-corrected chi connectivity index (χ0v) is 6.96.